The summed E-state index contributed by atoms with van der Waals surface area (Å²) in [5, 5.41) is 0.669. The van der Waals surface area contributed by atoms with E-state index in [-0.39, 0.29) is 22.5 Å². The highest BCUT2D eigenvalue weighted by Gasteiger charge is 2.22. The predicted molar refractivity (Wildman–Crippen MR) is 112 cm³/mol. The van der Waals surface area contributed by atoms with Crippen LogP contribution in [-0.2, 0) is 0 Å². The molecule has 2 aromatic carbocycles. The van der Waals surface area contributed by atoms with Crippen LogP contribution in [0.15, 0.2) is 70.1 Å². The average molecular weight is 406 g/mol. The van der Waals surface area contributed by atoms with Gasteiger partial charge < -0.3 is 9.15 Å². The van der Waals surface area contributed by atoms with Gasteiger partial charge in [0.2, 0.25) is 11.2 Å². The van der Waals surface area contributed by atoms with E-state index in [1.165, 1.54) is 12.3 Å². The van der Waals surface area contributed by atoms with Crippen molar-refractivity contribution in [2.75, 3.05) is 0 Å². The van der Waals surface area contributed by atoms with Crippen molar-refractivity contribution in [1.82, 2.24) is 4.98 Å². The standard InChI is InChI=1S/C23H16ClNO4/c1-13-5-7-15(8-6-13)21-22(29-23(27)16-4-3-9-25-12-16)20(26)17-11-18(24)14(2)10-19(17)28-21/h3-12H,1-2H3. The number of hydrogen-bond acceptors (Lipinski definition) is 5. The van der Waals surface area contributed by atoms with Gasteiger partial charge in [-0.1, -0.05) is 41.4 Å². The number of benzene rings is 2. The van der Waals surface area contributed by atoms with Crippen LogP contribution >= 0.6 is 11.6 Å². The SMILES string of the molecule is Cc1ccc(-c2oc3cc(C)c(Cl)cc3c(=O)c2OC(=O)c2cccnc2)cc1. The molecule has 29 heavy (non-hydrogen) atoms. The van der Waals surface area contributed by atoms with Gasteiger partial charge in [-0.3, -0.25) is 9.78 Å². The summed E-state index contributed by atoms with van der Waals surface area (Å²) in [7, 11) is 0. The fourth-order valence-corrected chi connectivity index (χ4v) is 3.09. The Labute approximate surface area is 171 Å². The lowest BCUT2D eigenvalue weighted by Gasteiger charge is -2.11. The van der Waals surface area contributed by atoms with E-state index >= 15 is 0 Å². The van der Waals surface area contributed by atoms with Crippen molar-refractivity contribution < 1.29 is 13.9 Å². The summed E-state index contributed by atoms with van der Waals surface area (Å²) >= 11 is 6.19. The van der Waals surface area contributed by atoms with Crippen LogP contribution in [0.1, 0.15) is 21.5 Å². The quantitative estimate of drug-likeness (QED) is 0.430. The molecule has 0 saturated heterocycles. The maximum Gasteiger partial charge on any atom is 0.345 e. The topological polar surface area (TPSA) is 69.4 Å². The van der Waals surface area contributed by atoms with Crippen LogP contribution in [0.5, 0.6) is 5.75 Å². The molecule has 0 fully saturated rings. The highest BCUT2D eigenvalue weighted by Crippen LogP contribution is 2.33. The molecule has 0 unspecified atom stereocenters. The molecule has 4 aromatic rings. The van der Waals surface area contributed by atoms with E-state index in [1.54, 1.807) is 24.4 Å². The van der Waals surface area contributed by atoms with Crippen LogP contribution in [0.25, 0.3) is 22.3 Å². The Morgan fingerprint density at radius 1 is 1.10 bits per heavy atom. The molecular weight excluding hydrogens is 390 g/mol. The van der Waals surface area contributed by atoms with Crippen molar-refractivity contribution in [1.29, 1.82) is 0 Å². The summed E-state index contributed by atoms with van der Waals surface area (Å²) in [4.78, 5) is 29.7. The smallest absolute Gasteiger partial charge is 0.345 e. The lowest BCUT2D eigenvalue weighted by molar-refractivity contribution is 0.0731. The summed E-state index contributed by atoms with van der Waals surface area (Å²) in [5.74, 6) is -0.701. The third-order valence-electron chi connectivity index (χ3n) is 4.54. The minimum atomic E-state index is -0.698. The van der Waals surface area contributed by atoms with Gasteiger partial charge in [0.05, 0.1) is 10.9 Å². The van der Waals surface area contributed by atoms with Crippen molar-refractivity contribution in [3.63, 3.8) is 0 Å². The number of halogens is 1. The Morgan fingerprint density at radius 3 is 2.55 bits per heavy atom. The molecule has 0 saturated carbocycles. The van der Waals surface area contributed by atoms with Crippen LogP contribution in [-0.4, -0.2) is 11.0 Å². The van der Waals surface area contributed by atoms with E-state index in [2.05, 4.69) is 4.98 Å². The Hall–Kier alpha value is -3.44. The fraction of sp³-hybridized carbons (Fsp3) is 0.0870. The molecule has 0 aliphatic heterocycles. The Morgan fingerprint density at radius 2 is 1.86 bits per heavy atom. The van der Waals surface area contributed by atoms with Crippen molar-refractivity contribution >= 4 is 28.5 Å². The van der Waals surface area contributed by atoms with Gasteiger partial charge in [0, 0.05) is 23.0 Å². The average Bonchev–Trinajstić information content (AvgIpc) is 2.73. The summed E-state index contributed by atoms with van der Waals surface area (Å²) < 4.78 is 11.5. The van der Waals surface area contributed by atoms with Crippen molar-refractivity contribution in [3.8, 4) is 17.1 Å². The summed E-state index contributed by atoms with van der Waals surface area (Å²) in [5.41, 5.74) is 2.57. The van der Waals surface area contributed by atoms with Crippen LogP contribution in [0.2, 0.25) is 5.02 Å². The number of rotatable bonds is 3. The molecule has 0 bridgehead atoms. The van der Waals surface area contributed by atoms with Gasteiger partial charge >= 0.3 is 5.97 Å². The summed E-state index contributed by atoms with van der Waals surface area (Å²) in [6.45, 7) is 3.78. The van der Waals surface area contributed by atoms with Crippen LogP contribution in [0, 0.1) is 13.8 Å². The molecule has 0 spiro atoms. The van der Waals surface area contributed by atoms with Gasteiger partial charge in [-0.05, 0) is 43.7 Å². The Kier molecular flexibility index (Phi) is 4.91. The second kappa shape index (κ2) is 7.53. The first-order chi connectivity index (χ1) is 13.9. The van der Waals surface area contributed by atoms with Crippen LogP contribution < -0.4 is 10.2 Å². The molecule has 0 N–H and O–H groups in total. The van der Waals surface area contributed by atoms with E-state index in [4.69, 9.17) is 20.8 Å². The first-order valence-electron chi connectivity index (χ1n) is 8.90. The van der Waals surface area contributed by atoms with Crippen molar-refractivity contribution in [2.24, 2.45) is 0 Å². The third-order valence-corrected chi connectivity index (χ3v) is 4.94. The van der Waals surface area contributed by atoms with E-state index < -0.39 is 11.4 Å². The number of esters is 1. The molecule has 2 heterocycles. The van der Waals surface area contributed by atoms with Crippen LogP contribution in [0.4, 0.5) is 0 Å². The van der Waals surface area contributed by atoms with Crippen LogP contribution in [0.3, 0.4) is 0 Å². The van der Waals surface area contributed by atoms with E-state index in [0.717, 1.165) is 11.1 Å². The monoisotopic (exact) mass is 405 g/mol. The predicted octanol–water partition coefficient (Wildman–Crippen LogP) is 5.34. The molecule has 0 aliphatic rings. The third kappa shape index (κ3) is 3.65. The second-order valence-electron chi connectivity index (χ2n) is 6.68. The Balaban J connectivity index is 1.94. The second-order valence-corrected chi connectivity index (χ2v) is 7.09. The maximum absolute atomic E-state index is 13.2. The molecule has 2 aromatic heterocycles. The number of hydrogen-bond donors (Lipinski definition) is 0. The van der Waals surface area contributed by atoms with Gasteiger partial charge in [0.15, 0.2) is 5.76 Å². The number of nitrogens with zero attached hydrogens (tertiary/aromatic N) is 1. The zero-order chi connectivity index (χ0) is 20.5. The number of carbonyl (C=O) groups excluding carboxylic acids is 1. The number of carbonyl (C=O) groups is 1. The molecule has 144 valence electrons. The first-order valence-corrected chi connectivity index (χ1v) is 9.28. The maximum atomic E-state index is 13.2. The van der Waals surface area contributed by atoms with E-state index in [1.807, 2.05) is 38.1 Å². The summed E-state index contributed by atoms with van der Waals surface area (Å²) in [6, 6.07) is 13.8. The molecule has 4 rings (SSSR count). The van der Waals surface area contributed by atoms with E-state index in [0.29, 0.717) is 16.2 Å². The molecule has 5 nitrogen and oxygen atoms in total. The lowest BCUT2D eigenvalue weighted by atomic mass is 10.1. The largest absolute Gasteiger partial charge is 0.452 e. The zero-order valence-corrected chi connectivity index (χ0v) is 16.5. The van der Waals surface area contributed by atoms with Gasteiger partial charge in [-0.25, -0.2) is 4.79 Å². The highest BCUT2D eigenvalue weighted by molar-refractivity contribution is 6.32. The van der Waals surface area contributed by atoms with Gasteiger partial charge in [0.1, 0.15) is 5.58 Å². The minimum Gasteiger partial charge on any atom is -0.452 e. The molecule has 0 amide bonds. The Bertz CT molecular complexity index is 1280. The van der Waals surface area contributed by atoms with E-state index in [9.17, 15) is 9.59 Å². The van der Waals surface area contributed by atoms with Gasteiger partial charge in [-0.2, -0.15) is 0 Å². The van der Waals surface area contributed by atoms with Crippen molar-refractivity contribution in [3.05, 3.63) is 92.9 Å². The van der Waals surface area contributed by atoms with Gasteiger partial charge in [0.25, 0.3) is 0 Å². The number of pyridine rings is 1. The number of fused-ring (bicyclic) bond motifs is 1. The number of aryl methyl sites for hydroxylation is 2. The lowest BCUT2D eigenvalue weighted by Crippen LogP contribution is -2.16. The molecule has 0 radical (unpaired) electrons. The highest BCUT2D eigenvalue weighted by atomic mass is 35.5. The molecule has 0 atom stereocenters. The normalized spacial score (nSPS) is 10.9. The van der Waals surface area contributed by atoms with Crippen molar-refractivity contribution in [2.45, 2.75) is 13.8 Å². The first kappa shape index (κ1) is 18.9. The molecule has 0 aliphatic carbocycles. The minimum absolute atomic E-state index is 0.182. The number of aromatic nitrogens is 1. The fourth-order valence-electron chi connectivity index (χ4n) is 2.92. The molecule has 6 heteroatoms. The molecular formula is C23H16ClNO4. The summed E-state index contributed by atoms with van der Waals surface area (Å²) in [6.07, 6.45) is 2.92. The zero-order valence-electron chi connectivity index (χ0n) is 15.7. The van der Waals surface area contributed by atoms with Gasteiger partial charge in [-0.15, -0.1) is 0 Å². The number of ether oxygens (including phenoxy) is 1.